The zero-order valence-corrected chi connectivity index (χ0v) is 12.5. The van der Waals surface area contributed by atoms with Crippen LogP contribution in [-0.4, -0.2) is 39.0 Å². The first-order valence-electron chi connectivity index (χ1n) is 6.91. The summed E-state index contributed by atoms with van der Waals surface area (Å²) in [5.41, 5.74) is 0.917. The fourth-order valence-corrected chi connectivity index (χ4v) is 1.64. The molecule has 0 aromatic carbocycles. The maximum Gasteiger partial charge on any atom is 0.239 e. The SMILES string of the molecule is Cc1ccn(-c2ccc(NCC(=O)NCC(C)C)nn2)n1. The van der Waals surface area contributed by atoms with Crippen molar-refractivity contribution in [3.63, 3.8) is 0 Å². The molecule has 2 rings (SSSR count). The first-order chi connectivity index (χ1) is 10.0. The van der Waals surface area contributed by atoms with E-state index < -0.39 is 0 Å². The van der Waals surface area contributed by atoms with Crippen LogP contribution in [0, 0.1) is 12.8 Å². The Morgan fingerprint density at radius 3 is 2.67 bits per heavy atom. The second-order valence-corrected chi connectivity index (χ2v) is 5.23. The summed E-state index contributed by atoms with van der Waals surface area (Å²) in [4.78, 5) is 11.6. The summed E-state index contributed by atoms with van der Waals surface area (Å²) < 4.78 is 1.65. The lowest BCUT2D eigenvalue weighted by molar-refractivity contribution is -0.119. The van der Waals surface area contributed by atoms with Gasteiger partial charge in [0.05, 0.1) is 12.2 Å². The molecule has 2 heterocycles. The van der Waals surface area contributed by atoms with Gasteiger partial charge in [0.25, 0.3) is 0 Å². The Morgan fingerprint density at radius 2 is 2.10 bits per heavy atom. The normalized spacial score (nSPS) is 10.7. The van der Waals surface area contributed by atoms with Crippen LogP contribution >= 0.6 is 0 Å². The van der Waals surface area contributed by atoms with Gasteiger partial charge in [0.15, 0.2) is 5.82 Å². The van der Waals surface area contributed by atoms with E-state index >= 15 is 0 Å². The number of hydrogen-bond acceptors (Lipinski definition) is 5. The molecule has 7 heteroatoms. The van der Waals surface area contributed by atoms with Crippen molar-refractivity contribution >= 4 is 11.7 Å². The number of nitrogens with one attached hydrogen (secondary N) is 2. The maximum absolute atomic E-state index is 11.6. The molecule has 0 aliphatic rings. The summed E-state index contributed by atoms with van der Waals surface area (Å²) in [6.45, 7) is 6.87. The molecular weight excluding hydrogens is 268 g/mol. The average molecular weight is 288 g/mol. The van der Waals surface area contributed by atoms with E-state index in [1.54, 1.807) is 16.8 Å². The molecule has 0 fully saturated rings. The second kappa shape index (κ2) is 6.83. The molecule has 0 saturated heterocycles. The smallest absolute Gasteiger partial charge is 0.239 e. The Bertz CT molecular complexity index is 590. The first-order valence-corrected chi connectivity index (χ1v) is 6.91. The van der Waals surface area contributed by atoms with Crippen molar-refractivity contribution in [2.45, 2.75) is 20.8 Å². The maximum atomic E-state index is 11.6. The molecule has 112 valence electrons. The number of aryl methyl sites for hydroxylation is 1. The highest BCUT2D eigenvalue weighted by atomic mass is 16.1. The summed E-state index contributed by atoms with van der Waals surface area (Å²) >= 11 is 0. The van der Waals surface area contributed by atoms with Crippen LogP contribution in [0.5, 0.6) is 0 Å². The topological polar surface area (TPSA) is 84.7 Å². The number of aromatic nitrogens is 4. The Labute approximate surface area is 123 Å². The zero-order valence-electron chi connectivity index (χ0n) is 12.5. The zero-order chi connectivity index (χ0) is 15.2. The lowest BCUT2D eigenvalue weighted by Gasteiger charge is -2.08. The molecule has 0 aliphatic carbocycles. The van der Waals surface area contributed by atoms with Crippen molar-refractivity contribution in [2.24, 2.45) is 5.92 Å². The molecule has 2 aromatic heterocycles. The molecule has 7 nitrogen and oxygen atoms in total. The molecule has 0 radical (unpaired) electrons. The van der Waals surface area contributed by atoms with E-state index in [0.29, 0.717) is 24.1 Å². The van der Waals surface area contributed by atoms with E-state index in [-0.39, 0.29) is 12.5 Å². The predicted molar refractivity (Wildman–Crippen MR) is 80.2 cm³/mol. The molecular formula is C14H20N6O. The number of nitrogens with zero attached hydrogens (tertiary/aromatic N) is 4. The third-order valence-corrected chi connectivity index (χ3v) is 2.75. The minimum atomic E-state index is -0.0581. The van der Waals surface area contributed by atoms with Crippen molar-refractivity contribution < 1.29 is 4.79 Å². The largest absolute Gasteiger partial charge is 0.360 e. The Balaban J connectivity index is 1.86. The number of anilines is 1. The van der Waals surface area contributed by atoms with E-state index in [1.165, 1.54) is 0 Å². The minimum Gasteiger partial charge on any atom is -0.360 e. The fourth-order valence-electron chi connectivity index (χ4n) is 1.64. The van der Waals surface area contributed by atoms with Crippen LogP contribution in [0.15, 0.2) is 24.4 Å². The van der Waals surface area contributed by atoms with Gasteiger partial charge in [0.1, 0.15) is 5.82 Å². The molecule has 0 saturated carbocycles. The Morgan fingerprint density at radius 1 is 1.29 bits per heavy atom. The number of rotatable bonds is 6. The molecule has 0 bridgehead atoms. The standard InChI is InChI=1S/C14H20N6O/c1-10(2)8-16-14(21)9-15-12-4-5-13(18-17-12)20-7-6-11(3)19-20/h4-7,10H,8-9H2,1-3H3,(H,15,17)(H,16,21). The van der Waals surface area contributed by atoms with Gasteiger partial charge in [-0.05, 0) is 31.0 Å². The third kappa shape index (κ3) is 4.55. The van der Waals surface area contributed by atoms with E-state index in [9.17, 15) is 4.79 Å². The van der Waals surface area contributed by atoms with Crippen molar-refractivity contribution in [3.05, 3.63) is 30.1 Å². The van der Waals surface area contributed by atoms with Gasteiger partial charge in [-0.2, -0.15) is 5.10 Å². The molecule has 2 aromatic rings. The van der Waals surface area contributed by atoms with Crippen LogP contribution in [-0.2, 0) is 4.79 Å². The summed E-state index contributed by atoms with van der Waals surface area (Å²) in [6, 6.07) is 5.47. The van der Waals surface area contributed by atoms with Gasteiger partial charge in [-0.25, -0.2) is 4.68 Å². The molecule has 1 amide bonds. The van der Waals surface area contributed by atoms with Crippen LogP contribution in [0.25, 0.3) is 5.82 Å². The Kier molecular flexibility index (Phi) is 4.86. The number of hydrogen-bond donors (Lipinski definition) is 2. The van der Waals surface area contributed by atoms with Gasteiger partial charge in [-0.15, -0.1) is 10.2 Å². The molecule has 2 N–H and O–H groups in total. The monoisotopic (exact) mass is 288 g/mol. The highest BCUT2D eigenvalue weighted by Gasteiger charge is 2.04. The highest BCUT2D eigenvalue weighted by Crippen LogP contribution is 2.06. The summed E-state index contributed by atoms with van der Waals surface area (Å²) in [6.07, 6.45) is 1.83. The fraction of sp³-hybridized carbons (Fsp3) is 0.429. The van der Waals surface area contributed by atoms with E-state index in [1.807, 2.05) is 19.2 Å². The van der Waals surface area contributed by atoms with E-state index in [0.717, 1.165) is 5.69 Å². The van der Waals surface area contributed by atoms with Gasteiger partial charge in [0, 0.05) is 12.7 Å². The Hall–Kier alpha value is -2.44. The minimum absolute atomic E-state index is 0.0581. The highest BCUT2D eigenvalue weighted by molar-refractivity contribution is 5.80. The van der Waals surface area contributed by atoms with Crippen LogP contribution in [0.3, 0.4) is 0 Å². The molecule has 0 aliphatic heterocycles. The van der Waals surface area contributed by atoms with Crippen LogP contribution in [0.4, 0.5) is 5.82 Å². The van der Waals surface area contributed by atoms with E-state index in [2.05, 4.69) is 39.8 Å². The van der Waals surface area contributed by atoms with Crippen molar-refractivity contribution in [1.82, 2.24) is 25.3 Å². The molecule has 21 heavy (non-hydrogen) atoms. The van der Waals surface area contributed by atoms with Crippen LogP contribution < -0.4 is 10.6 Å². The third-order valence-electron chi connectivity index (χ3n) is 2.75. The van der Waals surface area contributed by atoms with Crippen molar-refractivity contribution in [1.29, 1.82) is 0 Å². The predicted octanol–water partition coefficient (Wildman–Crippen LogP) is 1.15. The number of amides is 1. The lowest BCUT2D eigenvalue weighted by Crippen LogP contribution is -2.32. The van der Waals surface area contributed by atoms with Crippen LogP contribution in [0.2, 0.25) is 0 Å². The summed E-state index contributed by atoms with van der Waals surface area (Å²) in [7, 11) is 0. The van der Waals surface area contributed by atoms with Gasteiger partial charge >= 0.3 is 0 Å². The van der Waals surface area contributed by atoms with Gasteiger partial charge in [-0.1, -0.05) is 13.8 Å². The van der Waals surface area contributed by atoms with Crippen molar-refractivity contribution in [2.75, 3.05) is 18.4 Å². The van der Waals surface area contributed by atoms with Gasteiger partial charge in [0.2, 0.25) is 5.91 Å². The molecule has 0 unspecified atom stereocenters. The molecule has 0 atom stereocenters. The summed E-state index contributed by atoms with van der Waals surface area (Å²) in [5, 5.41) is 18.1. The average Bonchev–Trinajstić information content (AvgIpc) is 2.90. The van der Waals surface area contributed by atoms with Gasteiger partial charge < -0.3 is 10.6 Å². The lowest BCUT2D eigenvalue weighted by atomic mass is 10.2. The van der Waals surface area contributed by atoms with Crippen LogP contribution in [0.1, 0.15) is 19.5 Å². The number of carbonyl (C=O) groups is 1. The van der Waals surface area contributed by atoms with Gasteiger partial charge in [-0.3, -0.25) is 4.79 Å². The molecule has 0 spiro atoms. The number of carbonyl (C=O) groups excluding carboxylic acids is 1. The van der Waals surface area contributed by atoms with Crippen molar-refractivity contribution in [3.8, 4) is 5.82 Å². The first kappa shape index (κ1) is 15.0. The van der Waals surface area contributed by atoms with E-state index in [4.69, 9.17) is 0 Å². The quantitative estimate of drug-likeness (QED) is 0.833. The second-order valence-electron chi connectivity index (χ2n) is 5.23. The summed E-state index contributed by atoms with van der Waals surface area (Å²) in [5.74, 6) is 1.57.